The van der Waals surface area contributed by atoms with Crippen molar-refractivity contribution in [2.45, 2.75) is 18.9 Å². The predicted molar refractivity (Wildman–Crippen MR) is 64.0 cm³/mol. The Hall–Kier alpha value is -1.92. The highest BCUT2D eigenvalue weighted by Gasteiger charge is 2.26. The maximum Gasteiger partial charge on any atom is 0.202 e. The summed E-state index contributed by atoms with van der Waals surface area (Å²) in [5.74, 6) is -0.200. The highest BCUT2D eigenvalue weighted by atomic mass is 16.5. The van der Waals surface area contributed by atoms with E-state index in [-0.39, 0.29) is 11.4 Å². The van der Waals surface area contributed by atoms with Gasteiger partial charge >= 0.3 is 0 Å². The summed E-state index contributed by atoms with van der Waals surface area (Å²) in [6, 6.07) is 11.3. The van der Waals surface area contributed by atoms with E-state index in [9.17, 15) is 4.79 Å². The molecule has 1 aromatic carbocycles. The second kappa shape index (κ2) is 5.42. The predicted octanol–water partition coefficient (Wildman–Crippen LogP) is 2.34. The van der Waals surface area contributed by atoms with Crippen molar-refractivity contribution in [2.75, 3.05) is 6.61 Å². The highest BCUT2D eigenvalue weighted by Crippen LogP contribution is 2.17. The molecule has 1 heterocycles. The van der Waals surface area contributed by atoms with Crippen molar-refractivity contribution in [1.82, 2.24) is 0 Å². The van der Waals surface area contributed by atoms with Gasteiger partial charge in [0.05, 0.1) is 5.57 Å². The van der Waals surface area contributed by atoms with Crippen molar-refractivity contribution in [1.29, 1.82) is 5.26 Å². The van der Waals surface area contributed by atoms with E-state index >= 15 is 0 Å². The minimum atomic E-state index is -0.426. The summed E-state index contributed by atoms with van der Waals surface area (Å²) in [6.07, 6.45) is 2.79. The fourth-order valence-electron chi connectivity index (χ4n) is 1.83. The van der Waals surface area contributed by atoms with E-state index in [4.69, 9.17) is 10.00 Å². The Morgan fingerprint density at radius 3 is 2.76 bits per heavy atom. The smallest absolute Gasteiger partial charge is 0.202 e. The number of ether oxygens (including phenoxy) is 1. The minimum Gasteiger partial charge on any atom is -0.370 e. The quantitative estimate of drug-likeness (QED) is 0.588. The zero-order valence-corrected chi connectivity index (χ0v) is 9.43. The van der Waals surface area contributed by atoms with E-state index in [0.29, 0.717) is 13.0 Å². The number of hydrogen-bond donors (Lipinski definition) is 0. The van der Waals surface area contributed by atoms with Gasteiger partial charge in [-0.05, 0) is 24.5 Å². The van der Waals surface area contributed by atoms with Crippen LogP contribution in [0.5, 0.6) is 0 Å². The van der Waals surface area contributed by atoms with Crippen molar-refractivity contribution in [2.24, 2.45) is 0 Å². The van der Waals surface area contributed by atoms with Crippen LogP contribution in [0.3, 0.4) is 0 Å². The average molecular weight is 227 g/mol. The average Bonchev–Trinajstić information content (AvgIpc) is 2.90. The van der Waals surface area contributed by atoms with E-state index in [1.54, 1.807) is 6.08 Å². The van der Waals surface area contributed by atoms with Crippen LogP contribution in [-0.2, 0) is 9.53 Å². The third-order valence-corrected chi connectivity index (χ3v) is 2.72. The fourth-order valence-corrected chi connectivity index (χ4v) is 1.83. The Morgan fingerprint density at radius 1 is 1.41 bits per heavy atom. The Bertz CT molecular complexity index is 465. The third-order valence-electron chi connectivity index (χ3n) is 2.72. The lowest BCUT2D eigenvalue weighted by molar-refractivity contribution is -0.123. The maximum absolute atomic E-state index is 12.0. The monoisotopic (exact) mass is 227 g/mol. The van der Waals surface area contributed by atoms with Crippen molar-refractivity contribution < 1.29 is 9.53 Å². The van der Waals surface area contributed by atoms with Crippen LogP contribution in [0.2, 0.25) is 0 Å². The summed E-state index contributed by atoms with van der Waals surface area (Å²) in [6.45, 7) is 0.612. The summed E-state index contributed by atoms with van der Waals surface area (Å²) in [5.41, 5.74) is 1.03. The van der Waals surface area contributed by atoms with Crippen molar-refractivity contribution in [3.8, 4) is 6.07 Å². The maximum atomic E-state index is 12.0. The van der Waals surface area contributed by atoms with Crippen LogP contribution >= 0.6 is 0 Å². The van der Waals surface area contributed by atoms with Gasteiger partial charge in [0, 0.05) is 6.61 Å². The number of hydrogen-bond acceptors (Lipinski definition) is 3. The van der Waals surface area contributed by atoms with Gasteiger partial charge in [0.2, 0.25) is 5.78 Å². The molecule has 2 rings (SSSR count). The standard InChI is InChI=1S/C14H13NO2/c15-10-12(9-11-5-2-1-3-6-11)14(16)13-7-4-8-17-13/h1-3,5-6,9,13H,4,7-8H2. The Morgan fingerprint density at radius 2 is 2.18 bits per heavy atom. The van der Waals surface area contributed by atoms with Crippen molar-refractivity contribution in [3.63, 3.8) is 0 Å². The lowest BCUT2D eigenvalue weighted by Crippen LogP contribution is -2.20. The Kier molecular flexibility index (Phi) is 3.69. The van der Waals surface area contributed by atoms with Crippen LogP contribution in [0.15, 0.2) is 35.9 Å². The van der Waals surface area contributed by atoms with Crippen LogP contribution in [0, 0.1) is 11.3 Å². The summed E-state index contributed by atoms with van der Waals surface area (Å²) in [7, 11) is 0. The molecule has 0 radical (unpaired) electrons. The van der Waals surface area contributed by atoms with Crippen LogP contribution in [0.1, 0.15) is 18.4 Å². The van der Waals surface area contributed by atoms with Crippen molar-refractivity contribution >= 4 is 11.9 Å². The number of benzene rings is 1. The SMILES string of the molecule is N#CC(=Cc1ccccc1)C(=O)C1CCCO1. The Balaban J connectivity index is 2.19. The summed E-state index contributed by atoms with van der Waals surface area (Å²) < 4.78 is 5.29. The van der Waals surface area contributed by atoms with E-state index in [1.165, 1.54) is 0 Å². The molecular weight excluding hydrogens is 214 g/mol. The van der Waals surface area contributed by atoms with Gasteiger partial charge in [-0.1, -0.05) is 30.3 Å². The molecule has 0 N–H and O–H groups in total. The molecule has 0 saturated carbocycles. The second-order valence-corrected chi connectivity index (χ2v) is 3.95. The number of ketones is 1. The Labute approximate surface area is 100 Å². The molecule has 1 fully saturated rings. The van der Waals surface area contributed by atoms with Gasteiger partial charge in [0.1, 0.15) is 12.2 Å². The largest absolute Gasteiger partial charge is 0.370 e. The molecule has 0 aromatic heterocycles. The molecule has 17 heavy (non-hydrogen) atoms. The number of carbonyl (C=O) groups is 1. The molecule has 1 unspecified atom stereocenters. The molecular formula is C14H13NO2. The lowest BCUT2D eigenvalue weighted by Gasteiger charge is -2.06. The first-order valence-electron chi connectivity index (χ1n) is 5.64. The highest BCUT2D eigenvalue weighted by molar-refractivity contribution is 6.06. The van der Waals surface area contributed by atoms with Crippen LogP contribution in [-0.4, -0.2) is 18.5 Å². The molecule has 1 aromatic rings. The molecule has 0 aliphatic carbocycles. The molecule has 1 saturated heterocycles. The van der Waals surface area contributed by atoms with Gasteiger partial charge in [-0.15, -0.1) is 0 Å². The minimum absolute atomic E-state index is 0.170. The van der Waals surface area contributed by atoms with Gasteiger partial charge in [-0.2, -0.15) is 5.26 Å². The number of carbonyl (C=O) groups excluding carboxylic acids is 1. The first-order chi connectivity index (χ1) is 8.31. The lowest BCUT2D eigenvalue weighted by atomic mass is 10.0. The van der Waals surface area contributed by atoms with E-state index < -0.39 is 6.10 Å². The van der Waals surface area contributed by atoms with E-state index in [2.05, 4.69) is 0 Å². The molecule has 1 aliphatic rings. The zero-order valence-electron chi connectivity index (χ0n) is 9.43. The summed E-state index contributed by atoms with van der Waals surface area (Å²) in [4.78, 5) is 12.0. The second-order valence-electron chi connectivity index (χ2n) is 3.95. The van der Waals surface area contributed by atoms with Gasteiger partial charge in [0.25, 0.3) is 0 Å². The van der Waals surface area contributed by atoms with Gasteiger partial charge in [-0.25, -0.2) is 0 Å². The van der Waals surface area contributed by atoms with E-state index in [1.807, 2.05) is 36.4 Å². The number of Topliss-reactive ketones (excluding diaryl/α,β-unsaturated/α-hetero) is 1. The molecule has 0 spiro atoms. The third kappa shape index (κ3) is 2.80. The molecule has 3 nitrogen and oxygen atoms in total. The zero-order chi connectivity index (χ0) is 12.1. The van der Waals surface area contributed by atoms with Gasteiger partial charge < -0.3 is 4.74 Å². The first kappa shape index (κ1) is 11.6. The van der Waals surface area contributed by atoms with Crippen LogP contribution in [0.4, 0.5) is 0 Å². The summed E-state index contributed by atoms with van der Waals surface area (Å²) in [5, 5.41) is 9.02. The van der Waals surface area contributed by atoms with Crippen LogP contribution in [0.25, 0.3) is 6.08 Å². The normalized spacial score (nSPS) is 19.9. The molecule has 1 atom stereocenters. The van der Waals surface area contributed by atoms with Gasteiger partial charge in [-0.3, -0.25) is 4.79 Å². The summed E-state index contributed by atoms with van der Waals surface area (Å²) >= 11 is 0. The van der Waals surface area contributed by atoms with Gasteiger partial charge in [0.15, 0.2) is 0 Å². The molecule has 3 heteroatoms. The molecule has 0 amide bonds. The van der Waals surface area contributed by atoms with Crippen LogP contribution < -0.4 is 0 Å². The number of nitriles is 1. The molecule has 86 valence electrons. The van der Waals surface area contributed by atoms with Crippen molar-refractivity contribution in [3.05, 3.63) is 41.5 Å². The first-order valence-corrected chi connectivity index (χ1v) is 5.64. The number of rotatable bonds is 3. The fraction of sp³-hybridized carbons (Fsp3) is 0.286. The topological polar surface area (TPSA) is 50.1 Å². The number of nitrogens with zero attached hydrogens (tertiary/aromatic N) is 1. The molecule has 0 bridgehead atoms. The molecule has 1 aliphatic heterocycles. The van der Waals surface area contributed by atoms with E-state index in [0.717, 1.165) is 12.0 Å².